The molecule has 1 saturated heterocycles. The Labute approximate surface area is 169 Å². The molecule has 0 aromatic heterocycles. The third kappa shape index (κ3) is 3.08. The van der Waals surface area contributed by atoms with Crippen molar-refractivity contribution in [2.24, 2.45) is 0 Å². The molecule has 2 aromatic carbocycles. The monoisotopic (exact) mass is 392 g/mol. The van der Waals surface area contributed by atoms with Crippen LogP contribution in [0.25, 0.3) is 33.1 Å². The van der Waals surface area contributed by atoms with Gasteiger partial charge < -0.3 is 14.6 Å². The summed E-state index contributed by atoms with van der Waals surface area (Å²) in [5.74, 6) is -0.210. The number of halogens is 1. The number of piperazine rings is 1. The Morgan fingerprint density at radius 2 is 1.79 bits per heavy atom. The van der Waals surface area contributed by atoms with E-state index in [9.17, 15) is 0 Å². The fourth-order valence-electron chi connectivity index (χ4n) is 4.16. The van der Waals surface area contributed by atoms with E-state index >= 15 is 4.39 Å². The van der Waals surface area contributed by atoms with Crippen LogP contribution in [-0.4, -0.2) is 53.9 Å². The van der Waals surface area contributed by atoms with Gasteiger partial charge in [-0.3, -0.25) is 0 Å². The molecule has 0 saturated carbocycles. The van der Waals surface area contributed by atoms with Crippen LogP contribution < -0.4 is 9.74 Å². The second kappa shape index (κ2) is 6.88. The number of benzene rings is 2. The summed E-state index contributed by atoms with van der Waals surface area (Å²) in [6.45, 7) is 7.46. The molecule has 2 aromatic rings. The average Bonchev–Trinajstić information content (AvgIpc) is 3.07. The normalized spacial score (nSPS) is 15.8. The number of fused-ring (bicyclic) bond motifs is 5. The fraction of sp³-hybridized carbons (Fsp3) is 0.348. The summed E-state index contributed by atoms with van der Waals surface area (Å²) in [6, 6.07) is 11.5. The van der Waals surface area contributed by atoms with Crippen molar-refractivity contribution in [1.29, 1.82) is 0 Å². The lowest BCUT2D eigenvalue weighted by molar-refractivity contribution is 0.0677. The minimum Gasteiger partial charge on any atom is -0.411 e. The molecular weight excluding hydrogens is 367 g/mol. The summed E-state index contributed by atoms with van der Waals surface area (Å²) < 4.78 is 17.0. The highest BCUT2D eigenvalue weighted by atomic mass is 19.1. The van der Waals surface area contributed by atoms with Crippen LogP contribution in [0, 0.1) is 5.82 Å². The average molecular weight is 392 g/mol. The Hall–Kier alpha value is -2.86. The molecule has 5 nitrogen and oxygen atoms in total. The molecule has 0 N–H and O–H groups in total. The fourth-order valence-corrected chi connectivity index (χ4v) is 4.16. The van der Waals surface area contributed by atoms with Gasteiger partial charge in [-0.1, -0.05) is 18.2 Å². The lowest BCUT2D eigenvalue weighted by Crippen LogP contribution is -2.44. The Bertz CT molecular complexity index is 1160. The first-order chi connectivity index (χ1) is 14.0. The van der Waals surface area contributed by atoms with Gasteiger partial charge in [-0.05, 0) is 39.1 Å². The minimum atomic E-state index is -0.210. The van der Waals surface area contributed by atoms with Gasteiger partial charge in [-0.2, -0.15) is 4.73 Å². The third-order valence-electron chi connectivity index (χ3n) is 5.65. The summed E-state index contributed by atoms with van der Waals surface area (Å²) in [5.41, 5.74) is 4.16. The molecule has 0 radical (unpaired) electrons. The molecule has 0 unspecified atom stereocenters. The number of hydrogen-bond acceptors (Lipinski definition) is 4. The van der Waals surface area contributed by atoms with E-state index in [1.807, 2.05) is 50.4 Å². The van der Waals surface area contributed by atoms with E-state index in [2.05, 4.69) is 16.8 Å². The van der Waals surface area contributed by atoms with E-state index in [1.165, 1.54) is 0 Å². The molecule has 0 bridgehead atoms. The maximum atomic E-state index is 15.2. The van der Waals surface area contributed by atoms with Gasteiger partial charge in [0, 0.05) is 42.5 Å². The zero-order valence-corrected chi connectivity index (χ0v) is 17.0. The van der Waals surface area contributed by atoms with Gasteiger partial charge in [0.15, 0.2) is 0 Å². The third-order valence-corrected chi connectivity index (χ3v) is 5.65. The predicted octanol–water partition coefficient (Wildman–Crippen LogP) is 4.02. The number of likely N-dealkylation sites (N-methyl/N-ethyl adjacent to an activating group) is 1. The summed E-state index contributed by atoms with van der Waals surface area (Å²) in [4.78, 5) is 15.3. The van der Waals surface area contributed by atoms with Crippen LogP contribution in [0.3, 0.4) is 0 Å². The second-order valence-corrected chi connectivity index (χ2v) is 8.11. The van der Waals surface area contributed by atoms with Gasteiger partial charge in [-0.25, -0.2) is 9.37 Å². The highest BCUT2D eigenvalue weighted by molar-refractivity contribution is 6.06. The zero-order valence-electron chi connectivity index (χ0n) is 17.0. The lowest BCUT2D eigenvalue weighted by Gasteiger charge is -2.34. The van der Waals surface area contributed by atoms with Crippen LogP contribution in [0.5, 0.6) is 0 Å². The van der Waals surface area contributed by atoms with Crippen LogP contribution >= 0.6 is 0 Å². The number of pyridine rings is 1. The summed E-state index contributed by atoms with van der Waals surface area (Å²) in [7, 11) is 2.10. The summed E-state index contributed by atoms with van der Waals surface area (Å²) in [6.07, 6.45) is 1.98. The number of rotatable bonds is 3. The molecule has 6 heteroatoms. The van der Waals surface area contributed by atoms with Gasteiger partial charge >= 0.3 is 0 Å². The zero-order chi connectivity index (χ0) is 20.1. The van der Waals surface area contributed by atoms with Gasteiger partial charge in [0.05, 0.1) is 28.6 Å². The largest absolute Gasteiger partial charge is 0.411 e. The van der Waals surface area contributed by atoms with E-state index in [0.29, 0.717) is 5.69 Å². The van der Waals surface area contributed by atoms with Gasteiger partial charge in [-0.15, -0.1) is 0 Å². The quantitative estimate of drug-likeness (QED) is 0.527. The van der Waals surface area contributed by atoms with Gasteiger partial charge in [0.1, 0.15) is 11.9 Å². The first-order valence-electron chi connectivity index (χ1n) is 10.1. The van der Waals surface area contributed by atoms with Crippen LogP contribution in [0.4, 0.5) is 10.1 Å². The Morgan fingerprint density at radius 1 is 1.03 bits per heavy atom. The van der Waals surface area contributed by atoms with E-state index in [-0.39, 0.29) is 11.9 Å². The molecule has 29 heavy (non-hydrogen) atoms. The molecule has 0 spiro atoms. The molecule has 5 rings (SSSR count). The summed E-state index contributed by atoms with van der Waals surface area (Å²) >= 11 is 0. The van der Waals surface area contributed by atoms with Gasteiger partial charge in [0.2, 0.25) is 0 Å². The summed E-state index contributed by atoms with van der Waals surface area (Å²) in [5, 5.41) is 1.82. The van der Waals surface area contributed by atoms with Crippen molar-refractivity contribution in [2.75, 3.05) is 38.1 Å². The molecule has 0 amide bonds. The molecule has 1 fully saturated rings. The van der Waals surface area contributed by atoms with Crippen LogP contribution in [0.1, 0.15) is 13.8 Å². The number of aromatic nitrogens is 2. The van der Waals surface area contributed by atoms with Crippen molar-refractivity contribution in [2.45, 2.75) is 20.0 Å². The number of hydrogen-bond donors (Lipinski definition) is 0. The maximum absolute atomic E-state index is 15.2. The SMILES string of the molecule is CC(C)On1cc2c3ccccc3nc-2c2cc(F)c(N3CCN(C)CC3)cc21. The number of para-hydroxylation sites is 1. The smallest absolute Gasteiger partial charge is 0.147 e. The van der Waals surface area contributed by atoms with Crippen LogP contribution in [-0.2, 0) is 0 Å². The topological polar surface area (TPSA) is 33.5 Å². The first kappa shape index (κ1) is 18.2. The molecular formula is C23H25FN4O. The Kier molecular flexibility index (Phi) is 4.32. The highest BCUT2D eigenvalue weighted by Crippen LogP contribution is 2.38. The van der Waals surface area contributed by atoms with E-state index in [4.69, 9.17) is 9.82 Å². The van der Waals surface area contributed by atoms with Crippen molar-refractivity contribution in [1.82, 2.24) is 14.6 Å². The Morgan fingerprint density at radius 3 is 2.55 bits per heavy atom. The van der Waals surface area contributed by atoms with Crippen molar-refractivity contribution in [3.05, 3.63) is 48.4 Å². The number of anilines is 1. The van der Waals surface area contributed by atoms with Gasteiger partial charge in [0.25, 0.3) is 0 Å². The first-order valence-corrected chi connectivity index (χ1v) is 10.1. The molecule has 3 heterocycles. The second-order valence-electron chi connectivity index (χ2n) is 8.11. The highest BCUT2D eigenvalue weighted by Gasteiger charge is 2.23. The van der Waals surface area contributed by atoms with Crippen molar-refractivity contribution < 1.29 is 9.23 Å². The van der Waals surface area contributed by atoms with E-state index in [0.717, 1.165) is 59.2 Å². The van der Waals surface area contributed by atoms with Crippen LogP contribution in [0.15, 0.2) is 42.6 Å². The molecule has 0 atom stereocenters. The molecule has 0 aliphatic carbocycles. The van der Waals surface area contributed by atoms with Crippen molar-refractivity contribution in [3.8, 4) is 11.3 Å². The maximum Gasteiger partial charge on any atom is 0.147 e. The Balaban J connectivity index is 1.76. The predicted molar refractivity (Wildman–Crippen MR) is 115 cm³/mol. The van der Waals surface area contributed by atoms with E-state index in [1.54, 1.807) is 10.8 Å². The molecule has 3 aliphatic rings. The standard InChI is InChI=1S/C23H25FN4O/c1-15(2)29-28-14-18-16-6-4-5-7-20(16)25-23(18)17-12-19(24)22(13-21(17)28)27-10-8-26(3)9-11-27/h4-7,12-15H,8-11H2,1-3H3. The molecule has 3 aliphatic heterocycles. The van der Waals surface area contributed by atoms with E-state index < -0.39 is 0 Å². The van der Waals surface area contributed by atoms with Crippen molar-refractivity contribution in [3.63, 3.8) is 0 Å². The minimum absolute atomic E-state index is 0.00743. The number of nitrogens with zero attached hydrogens (tertiary/aromatic N) is 4. The lowest BCUT2D eigenvalue weighted by atomic mass is 10.0. The van der Waals surface area contributed by atoms with Crippen LogP contribution in [0.2, 0.25) is 0 Å². The molecule has 150 valence electrons. The van der Waals surface area contributed by atoms with Crippen molar-refractivity contribution >= 4 is 27.5 Å².